The van der Waals surface area contributed by atoms with E-state index in [1.165, 1.54) is 0 Å². The summed E-state index contributed by atoms with van der Waals surface area (Å²) in [5, 5.41) is 17.6. The molecule has 2 aromatic rings. The molecule has 1 fully saturated rings. The summed E-state index contributed by atoms with van der Waals surface area (Å²) in [7, 11) is -1.89. The summed E-state index contributed by atoms with van der Waals surface area (Å²) in [6, 6.07) is 18.2. The first-order valence-electron chi connectivity index (χ1n) is 11.1. The molecule has 4 atom stereocenters. The van der Waals surface area contributed by atoms with Crippen molar-refractivity contribution in [3.05, 3.63) is 71.8 Å². The lowest BCUT2D eigenvalue weighted by atomic mass is 9.95. The molecule has 5 nitrogen and oxygen atoms in total. The van der Waals surface area contributed by atoms with Crippen LogP contribution in [-0.4, -0.2) is 38.0 Å². The molecule has 1 saturated heterocycles. The minimum Gasteiger partial charge on any atom is -0.413 e. The molecule has 1 amide bonds. The third-order valence-corrected chi connectivity index (χ3v) is 11.1. The van der Waals surface area contributed by atoms with Gasteiger partial charge in [-0.05, 0) is 35.7 Å². The maximum atomic E-state index is 13.1. The van der Waals surface area contributed by atoms with E-state index in [9.17, 15) is 9.90 Å². The van der Waals surface area contributed by atoms with Crippen molar-refractivity contribution in [3.63, 3.8) is 0 Å². The van der Waals surface area contributed by atoms with Crippen LogP contribution in [0.2, 0.25) is 18.1 Å². The molecule has 0 unspecified atom stereocenters. The van der Waals surface area contributed by atoms with Gasteiger partial charge in [-0.2, -0.15) is 0 Å². The normalized spacial score (nSPS) is 21.5. The molecule has 1 heterocycles. The van der Waals surface area contributed by atoms with Crippen molar-refractivity contribution in [2.45, 2.75) is 69.6 Å². The van der Waals surface area contributed by atoms with Crippen LogP contribution in [0.3, 0.4) is 0 Å². The molecule has 0 spiro atoms. The second-order valence-electron chi connectivity index (χ2n) is 9.95. The van der Waals surface area contributed by atoms with E-state index in [1.54, 1.807) is 0 Å². The number of carbonyl (C=O) groups is 1. The van der Waals surface area contributed by atoms with Gasteiger partial charge in [-0.15, -0.1) is 0 Å². The van der Waals surface area contributed by atoms with Gasteiger partial charge >= 0.3 is 0 Å². The summed E-state index contributed by atoms with van der Waals surface area (Å²) in [5.41, 5.74) is 1.65. The molecule has 0 bridgehead atoms. The van der Waals surface area contributed by atoms with Crippen molar-refractivity contribution in [1.29, 1.82) is 0 Å². The zero-order chi connectivity index (χ0) is 22.6. The average Bonchev–Trinajstić information content (AvgIpc) is 3.20. The van der Waals surface area contributed by atoms with Gasteiger partial charge in [0.15, 0.2) is 8.32 Å². The highest BCUT2D eigenvalue weighted by molar-refractivity contribution is 6.74. The number of carbonyl (C=O) groups excluding carboxylic acids is 1. The maximum Gasteiger partial charge on any atom is 0.237 e. The van der Waals surface area contributed by atoms with Gasteiger partial charge in [-0.3, -0.25) is 4.79 Å². The highest BCUT2D eigenvalue weighted by Crippen LogP contribution is 2.38. The number of nitrogens with one attached hydrogen (secondary N) is 2. The largest absolute Gasteiger partial charge is 0.413 e. The highest BCUT2D eigenvalue weighted by atomic mass is 28.4. The van der Waals surface area contributed by atoms with E-state index in [0.717, 1.165) is 11.1 Å². The van der Waals surface area contributed by atoms with Gasteiger partial charge in [-0.25, -0.2) is 0 Å². The lowest BCUT2D eigenvalue weighted by molar-refractivity contribution is -0.124. The average molecular weight is 441 g/mol. The van der Waals surface area contributed by atoms with Crippen LogP contribution in [0, 0.1) is 0 Å². The van der Waals surface area contributed by atoms with E-state index < -0.39 is 20.5 Å². The molecule has 1 aliphatic heterocycles. The monoisotopic (exact) mass is 440 g/mol. The van der Waals surface area contributed by atoms with Gasteiger partial charge in [0.05, 0.1) is 18.2 Å². The lowest BCUT2D eigenvalue weighted by Gasteiger charge is -2.38. The first-order chi connectivity index (χ1) is 14.6. The third kappa shape index (κ3) is 5.83. The Hall–Kier alpha value is -1.99. The molecule has 3 N–H and O–H groups in total. The number of aliphatic hydroxyl groups excluding tert-OH is 1. The molecule has 1 aliphatic rings. The van der Waals surface area contributed by atoms with Crippen molar-refractivity contribution >= 4 is 14.2 Å². The third-order valence-electron chi connectivity index (χ3n) is 6.59. The molecular weight excluding hydrogens is 404 g/mol. The second kappa shape index (κ2) is 9.65. The lowest BCUT2D eigenvalue weighted by Crippen LogP contribution is -2.44. The van der Waals surface area contributed by atoms with Gasteiger partial charge in [-0.1, -0.05) is 81.4 Å². The van der Waals surface area contributed by atoms with Gasteiger partial charge in [0, 0.05) is 6.54 Å². The molecule has 3 rings (SSSR count). The van der Waals surface area contributed by atoms with E-state index in [4.69, 9.17) is 4.43 Å². The first-order valence-corrected chi connectivity index (χ1v) is 14.0. The summed E-state index contributed by atoms with van der Waals surface area (Å²) < 4.78 is 6.50. The summed E-state index contributed by atoms with van der Waals surface area (Å²) in [6.45, 7) is 11.8. The van der Waals surface area contributed by atoms with Crippen LogP contribution in [-0.2, 0) is 9.22 Å². The predicted molar refractivity (Wildman–Crippen MR) is 127 cm³/mol. The minimum atomic E-state index is -1.89. The molecule has 31 heavy (non-hydrogen) atoms. The number of benzene rings is 2. The second-order valence-corrected chi connectivity index (χ2v) is 14.7. The van der Waals surface area contributed by atoms with Crippen LogP contribution in [0.15, 0.2) is 60.7 Å². The molecule has 0 saturated carbocycles. The fourth-order valence-corrected chi connectivity index (χ4v) is 5.05. The first kappa shape index (κ1) is 23.7. The summed E-state index contributed by atoms with van der Waals surface area (Å²) in [5.74, 6) is -0.106. The Bertz CT molecular complexity index is 852. The topological polar surface area (TPSA) is 70.6 Å². The Labute approximate surface area is 187 Å². The van der Waals surface area contributed by atoms with Gasteiger partial charge in [0.1, 0.15) is 6.10 Å². The van der Waals surface area contributed by atoms with Gasteiger partial charge in [0.25, 0.3) is 0 Å². The quantitative estimate of drug-likeness (QED) is 0.561. The van der Waals surface area contributed by atoms with Crippen LogP contribution >= 0.6 is 0 Å². The smallest absolute Gasteiger partial charge is 0.237 e. The fourth-order valence-electron chi connectivity index (χ4n) is 3.69. The van der Waals surface area contributed by atoms with E-state index in [1.807, 2.05) is 60.7 Å². The summed E-state index contributed by atoms with van der Waals surface area (Å²) in [6.07, 6.45) is -0.166. The SMILES string of the molecule is CC(C)(C)[Si](C)(C)O[C@H]1CN[C@H](C(=O)N[C@@H](c2ccccc2)[C@H](O)c2ccccc2)C1. The zero-order valence-electron chi connectivity index (χ0n) is 19.3. The Morgan fingerprint density at radius 3 is 2.16 bits per heavy atom. The zero-order valence-corrected chi connectivity index (χ0v) is 20.3. The maximum absolute atomic E-state index is 13.1. The number of rotatable bonds is 7. The Morgan fingerprint density at radius 2 is 1.61 bits per heavy atom. The van der Waals surface area contributed by atoms with Crippen molar-refractivity contribution in [1.82, 2.24) is 10.6 Å². The number of amides is 1. The number of hydrogen-bond donors (Lipinski definition) is 3. The fraction of sp³-hybridized carbons (Fsp3) is 0.480. The predicted octanol–water partition coefficient (Wildman–Crippen LogP) is 4.33. The van der Waals surface area contributed by atoms with E-state index in [2.05, 4.69) is 44.5 Å². The van der Waals surface area contributed by atoms with E-state index in [-0.39, 0.29) is 23.1 Å². The Balaban J connectivity index is 1.70. The Morgan fingerprint density at radius 1 is 1.06 bits per heavy atom. The van der Waals surface area contributed by atoms with E-state index in [0.29, 0.717) is 13.0 Å². The van der Waals surface area contributed by atoms with Gasteiger partial charge in [0.2, 0.25) is 5.91 Å². The molecule has 0 radical (unpaired) electrons. The van der Waals surface area contributed by atoms with E-state index >= 15 is 0 Å². The number of hydrogen-bond acceptors (Lipinski definition) is 4. The molecule has 2 aromatic carbocycles. The molecule has 0 aliphatic carbocycles. The minimum absolute atomic E-state index is 0.0332. The van der Waals surface area contributed by atoms with Crippen LogP contribution < -0.4 is 10.6 Å². The van der Waals surface area contributed by atoms with Crippen LogP contribution in [0.25, 0.3) is 0 Å². The molecule has 6 heteroatoms. The highest BCUT2D eigenvalue weighted by Gasteiger charge is 2.42. The van der Waals surface area contributed by atoms with Crippen LogP contribution in [0.1, 0.15) is 50.5 Å². The van der Waals surface area contributed by atoms with Crippen LogP contribution in [0.4, 0.5) is 0 Å². The van der Waals surface area contributed by atoms with Crippen molar-refractivity contribution in [2.24, 2.45) is 0 Å². The molecule has 0 aromatic heterocycles. The van der Waals surface area contributed by atoms with Gasteiger partial charge < -0.3 is 20.2 Å². The summed E-state index contributed by atoms with van der Waals surface area (Å²) in [4.78, 5) is 13.1. The summed E-state index contributed by atoms with van der Waals surface area (Å²) >= 11 is 0. The number of aliphatic hydroxyl groups is 1. The van der Waals surface area contributed by atoms with Crippen molar-refractivity contribution < 1.29 is 14.3 Å². The van der Waals surface area contributed by atoms with Crippen molar-refractivity contribution in [3.8, 4) is 0 Å². The molecular formula is C25H36N2O3Si. The standard InChI is InChI=1S/C25H36N2O3Si/c1-25(2,3)31(4,5)30-20-16-21(26-17-20)24(29)27-22(18-12-8-6-9-13-18)23(28)19-14-10-7-11-15-19/h6-15,20-23,26,28H,16-17H2,1-5H3,(H,27,29)/t20-,21+,22+,23-/m1/s1. The van der Waals surface area contributed by atoms with Crippen molar-refractivity contribution in [2.75, 3.05) is 6.54 Å². The van der Waals surface area contributed by atoms with Crippen LogP contribution in [0.5, 0.6) is 0 Å². The Kier molecular flexibility index (Phi) is 7.37. The molecule has 168 valence electrons.